The molecule has 6 heteroatoms. The van der Waals surface area contributed by atoms with Crippen LogP contribution in [-0.4, -0.2) is 34.0 Å². The zero-order valence-corrected chi connectivity index (χ0v) is 13.8. The van der Waals surface area contributed by atoms with E-state index in [1.807, 2.05) is 6.07 Å². The van der Waals surface area contributed by atoms with Crippen LogP contribution in [0.4, 0.5) is 0 Å². The highest BCUT2D eigenvalue weighted by atomic mass is 16.5. The summed E-state index contributed by atoms with van der Waals surface area (Å²) in [7, 11) is 0. The Labute approximate surface area is 131 Å². The molecule has 0 fully saturated rings. The number of hydrogen-bond acceptors (Lipinski definition) is 5. The van der Waals surface area contributed by atoms with Gasteiger partial charge in [-0.25, -0.2) is 0 Å². The summed E-state index contributed by atoms with van der Waals surface area (Å²) in [6.07, 6.45) is 4.28. The molecule has 1 atom stereocenters. The molecule has 0 saturated carbocycles. The van der Waals surface area contributed by atoms with Crippen LogP contribution in [0.5, 0.6) is 0 Å². The Balaban J connectivity index is 2.39. The third-order valence-electron chi connectivity index (χ3n) is 3.73. The average molecular weight is 312 g/mol. The van der Waals surface area contributed by atoms with Crippen molar-refractivity contribution in [3.63, 3.8) is 0 Å². The average Bonchev–Trinajstić information content (AvgIpc) is 2.96. The Kier molecular flexibility index (Phi) is 7.55. The normalized spacial score (nSPS) is 13.1. The van der Waals surface area contributed by atoms with Gasteiger partial charge in [-0.2, -0.15) is 0 Å². The van der Waals surface area contributed by atoms with Gasteiger partial charge >= 0.3 is 0 Å². The number of nitrogens with zero attached hydrogens (tertiary/aromatic N) is 1. The number of amides is 1. The molecule has 0 aliphatic carbocycles. The summed E-state index contributed by atoms with van der Waals surface area (Å²) < 4.78 is 5.17. The number of unbranched alkanes of at least 4 members (excludes halogenated alkanes) is 3. The largest absolute Gasteiger partial charge is 0.396 e. The van der Waals surface area contributed by atoms with E-state index in [9.17, 15) is 9.90 Å². The summed E-state index contributed by atoms with van der Waals surface area (Å²) in [6.45, 7) is 5.33. The van der Waals surface area contributed by atoms with Gasteiger partial charge in [0.15, 0.2) is 5.76 Å². The third kappa shape index (κ3) is 5.77. The number of aliphatic hydroxyl groups is 2. The molecular formula is C16H28N2O4. The number of carbonyl (C=O) groups excluding carboxylic acids is 1. The number of carbonyl (C=O) groups is 1. The fourth-order valence-electron chi connectivity index (χ4n) is 2.00. The van der Waals surface area contributed by atoms with Gasteiger partial charge in [-0.3, -0.25) is 4.79 Å². The highest BCUT2D eigenvalue weighted by molar-refractivity contribution is 5.81. The van der Waals surface area contributed by atoms with E-state index in [-0.39, 0.29) is 13.2 Å². The summed E-state index contributed by atoms with van der Waals surface area (Å²) in [5.74, 6) is 0.0350. The summed E-state index contributed by atoms with van der Waals surface area (Å²) in [4.78, 5) is 11.8. The number of rotatable bonds is 10. The number of aromatic nitrogens is 1. The van der Waals surface area contributed by atoms with Gasteiger partial charge in [0.1, 0.15) is 6.10 Å². The van der Waals surface area contributed by atoms with Crippen molar-refractivity contribution < 1.29 is 19.5 Å². The van der Waals surface area contributed by atoms with Crippen molar-refractivity contribution in [2.75, 3.05) is 6.61 Å². The molecule has 0 aliphatic rings. The first-order chi connectivity index (χ1) is 10.4. The summed E-state index contributed by atoms with van der Waals surface area (Å²) in [5.41, 5.74) is 0.00670. The van der Waals surface area contributed by atoms with Crippen LogP contribution < -0.4 is 5.32 Å². The minimum atomic E-state index is -1.27. The molecule has 0 saturated heterocycles. The number of hydrogen-bond donors (Lipinski definition) is 3. The molecule has 0 unspecified atom stereocenters. The van der Waals surface area contributed by atoms with E-state index in [0.29, 0.717) is 5.76 Å². The Morgan fingerprint density at radius 1 is 1.41 bits per heavy atom. The van der Waals surface area contributed by atoms with Crippen molar-refractivity contribution >= 4 is 5.91 Å². The first kappa shape index (κ1) is 18.6. The maximum Gasteiger partial charge on any atom is 0.249 e. The zero-order chi connectivity index (χ0) is 16.6. The lowest BCUT2D eigenvalue weighted by molar-refractivity contribution is -0.137. The van der Waals surface area contributed by atoms with Crippen molar-refractivity contribution in [2.45, 2.75) is 65.5 Å². The van der Waals surface area contributed by atoms with E-state index in [1.165, 1.54) is 19.3 Å². The maximum absolute atomic E-state index is 11.8. The second-order valence-electron chi connectivity index (χ2n) is 6.36. The van der Waals surface area contributed by atoms with Crippen molar-refractivity contribution in [3.8, 4) is 0 Å². The Morgan fingerprint density at radius 2 is 2.14 bits per heavy atom. The second-order valence-corrected chi connectivity index (χ2v) is 6.36. The molecule has 0 spiro atoms. The number of nitrogens with one attached hydrogen (secondary N) is 1. The Morgan fingerprint density at radius 3 is 2.77 bits per heavy atom. The minimum Gasteiger partial charge on any atom is -0.396 e. The van der Waals surface area contributed by atoms with E-state index in [2.05, 4.69) is 17.4 Å². The molecule has 1 amide bonds. The fraction of sp³-hybridized carbons (Fsp3) is 0.750. The van der Waals surface area contributed by atoms with Gasteiger partial charge in [0.05, 0.1) is 18.8 Å². The van der Waals surface area contributed by atoms with E-state index >= 15 is 0 Å². The van der Waals surface area contributed by atoms with Crippen LogP contribution in [0.2, 0.25) is 0 Å². The lowest BCUT2D eigenvalue weighted by atomic mass is 9.87. The molecule has 3 N–H and O–H groups in total. The van der Waals surface area contributed by atoms with Crippen LogP contribution in [0.3, 0.4) is 0 Å². The highest BCUT2D eigenvalue weighted by Gasteiger charge is 2.32. The molecule has 6 nitrogen and oxygen atoms in total. The van der Waals surface area contributed by atoms with Crippen molar-refractivity contribution in [1.82, 2.24) is 10.5 Å². The van der Waals surface area contributed by atoms with E-state index < -0.39 is 17.4 Å². The predicted octanol–water partition coefficient (Wildman–Crippen LogP) is 1.79. The van der Waals surface area contributed by atoms with Gasteiger partial charge in [0.25, 0.3) is 0 Å². The van der Waals surface area contributed by atoms with Crippen molar-refractivity contribution in [1.29, 1.82) is 0 Å². The smallest absolute Gasteiger partial charge is 0.249 e. The van der Waals surface area contributed by atoms with E-state index in [4.69, 9.17) is 9.63 Å². The molecule has 0 radical (unpaired) electrons. The van der Waals surface area contributed by atoms with E-state index in [0.717, 1.165) is 18.5 Å². The van der Waals surface area contributed by atoms with Crippen LogP contribution in [0.25, 0.3) is 0 Å². The Hall–Kier alpha value is -1.40. The highest BCUT2D eigenvalue weighted by Crippen LogP contribution is 2.19. The summed E-state index contributed by atoms with van der Waals surface area (Å²) in [5, 5.41) is 25.6. The molecule has 126 valence electrons. The molecule has 0 aromatic carbocycles. The molecule has 1 heterocycles. The predicted molar refractivity (Wildman–Crippen MR) is 83.1 cm³/mol. The first-order valence-electron chi connectivity index (χ1n) is 7.91. The fourth-order valence-corrected chi connectivity index (χ4v) is 2.00. The zero-order valence-electron chi connectivity index (χ0n) is 13.8. The van der Waals surface area contributed by atoms with Gasteiger partial charge < -0.3 is 20.1 Å². The monoisotopic (exact) mass is 312 g/mol. The minimum absolute atomic E-state index is 0.180. The lowest BCUT2D eigenvalue weighted by Crippen LogP contribution is -2.45. The van der Waals surface area contributed by atoms with E-state index in [1.54, 1.807) is 13.8 Å². The van der Waals surface area contributed by atoms with Gasteiger partial charge in [-0.05, 0) is 12.8 Å². The summed E-state index contributed by atoms with van der Waals surface area (Å²) in [6, 6.07) is 1.83. The van der Waals surface area contributed by atoms with Crippen molar-refractivity contribution in [2.24, 2.45) is 5.41 Å². The van der Waals surface area contributed by atoms with Crippen molar-refractivity contribution in [3.05, 3.63) is 17.5 Å². The van der Waals surface area contributed by atoms with Gasteiger partial charge in [-0.15, -0.1) is 0 Å². The van der Waals surface area contributed by atoms with Gasteiger partial charge in [0, 0.05) is 11.5 Å². The molecule has 1 rings (SSSR count). The summed E-state index contributed by atoms with van der Waals surface area (Å²) >= 11 is 0. The quantitative estimate of drug-likeness (QED) is 0.573. The van der Waals surface area contributed by atoms with Crippen LogP contribution in [0.15, 0.2) is 10.6 Å². The molecule has 22 heavy (non-hydrogen) atoms. The third-order valence-corrected chi connectivity index (χ3v) is 3.73. The molecule has 0 aliphatic heterocycles. The molecule has 0 bridgehead atoms. The topological polar surface area (TPSA) is 95.6 Å². The molecular weight excluding hydrogens is 284 g/mol. The van der Waals surface area contributed by atoms with Crippen LogP contribution in [0, 0.1) is 5.41 Å². The Bertz CT molecular complexity index is 457. The van der Waals surface area contributed by atoms with Gasteiger partial charge in [-0.1, -0.05) is 45.2 Å². The standard InChI is InChI=1S/C16H28N2O4/c1-4-5-6-7-8-12-9-13(22-18-12)10-17-15(21)14(20)16(2,3)11-19/h9,14,19-20H,4-8,10-11H2,1-3H3,(H,17,21)/t14-/m0/s1. The van der Waals surface area contributed by atoms with Crippen LogP contribution in [0.1, 0.15) is 57.9 Å². The van der Waals surface area contributed by atoms with Crippen LogP contribution >= 0.6 is 0 Å². The lowest BCUT2D eigenvalue weighted by Gasteiger charge is -2.26. The maximum atomic E-state index is 11.8. The molecule has 1 aromatic rings. The molecule has 1 aromatic heterocycles. The first-order valence-corrected chi connectivity index (χ1v) is 7.91. The number of aryl methyl sites for hydroxylation is 1. The SMILES string of the molecule is CCCCCCc1cc(CNC(=O)[C@H](O)C(C)(C)CO)on1. The second kappa shape index (κ2) is 8.90. The van der Waals surface area contributed by atoms with Crippen LogP contribution in [-0.2, 0) is 17.8 Å². The number of aliphatic hydroxyl groups excluding tert-OH is 2. The van der Waals surface area contributed by atoms with Gasteiger partial charge in [0.2, 0.25) is 5.91 Å².